The van der Waals surface area contributed by atoms with Crippen LogP contribution in [0.1, 0.15) is 44.4 Å². The van der Waals surface area contributed by atoms with Gasteiger partial charge in [-0.25, -0.2) is 0 Å². The zero-order valence-electron chi connectivity index (χ0n) is 13.0. The molecule has 0 spiro atoms. The average molecular weight is 280 g/mol. The van der Waals surface area contributed by atoms with Gasteiger partial charge in [-0.2, -0.15) is 0 Å². The van der Waals surface area contributed by atoms with E-state index in [2.05, 4.69) is 57.0 Å². The van der Waals surface area contributed by atoms with Crippen molar-refractivity contribution in [2.24, 2.45) is 5.92 Å². The molecule has 19 heavy (non-hydrogen) atoms. The van der Waals surface area contributed by atoms with Crippen LogP contribution in [0, 0.1) is 5.92 Å². The molecular weight excluding hydrogens is 252 g/mol. The fraction of sp³-hybridized carbons (Fsp3) is 0.750. The summed E-state index contributed by atoms with van der Waals surface area (Å²) in [4.78, 5) is 5.66. The van der Waals surface area contributed by atoms with E-state index in [4.69, 9.17) is 0 Å². The summed E-state index contributed by atoms with van der Waals surface area (Å²) in [7, 11) is 0. The Labute approximate surface area is 122 Å². The van der Waals surface area contributed by atoms with Gasteiger partial charge in [0, 0.05) is 41.0 Å². The van der Waals surface area contributed by atoms with Crippen LogP contribution in [0.4, 0.5) is 0 Å². The van der Waals surface area contributed by atoms with E-state index in [1.807, 2.05) is 11.3 Å². The molecule has 0 amide bonds. The molecular formula is C16H28N2S. The number of rotatable bonds is 4. The first-order valence-corrected chi connectivity index (χ1v) is 8.30. The van der Waals surface area contributed by atoms with Crippen LogP contribution in [0.2, 0.25) is 0 Å². The minimum Gasteiger partial charge on any atom is -0.311 e. The van der Waals surface area contributed by atoms with Crippen molar-refractivity contribution in [3.05, 3.63) is 21.9 Å². The molecule has 1 aliphatic rings. The smallest absolute Gasteiger partial charge is 0.0334 e. The maximum Gasteiger partial charge on any atom is 0.0334 e. The van der Waals surface area contributed by atoms with Crippen LogP contribution in [-0.2, 0) is 13.0 Å². The van der Waals surface area contributed by atoms with Crippen LogP contribution < -0.4 is 5.32 Å². The zero-order chi connectivity index (χ0) is 14.0. The van der Waals surface area contributed by atoms with Crippen molar-refractivity contribution < 1.29 is 0 Å². The third-order valence-corrected chi connectivity index (χ3v) is 5.50. The predicted molar refractivity (Wildman–Crippen MR) is 84.8 cm³/mol. The van der Waals surface area contributed by atoms with E-state index in [0.717, 1.165) is 26.1 Å². The summed E-state index contributed by atoms with van der Waals surface area (Å²) < 4.78 is 0. The number of aryl methyl sites for hydroxylation is 1. The molecule has 2 heterocycles. The van der Waals surface area contributed by atoms with Crippen molar-refractivity contribution in [1.29, 1.82) is 0 Å². The topological polar surface area (TPSA) is 15.3 Å². The molecule has 1 aromatic rings. The Kier molecular flexibility index (Phi) is 4.70. The highest BCUT2D eigenvalue weighted by Gasteiger charge is 2.34. The van der Waals surface area contributed by atoms with E-state index in [-0.39, 0.29) is 5.54 Å². The van der Waals surface area contributed by atoms with Gasteiger partial charge in [0.15, 0.2) is 0 Å². The average Bonchev–Trinajstić information content (AvgIpc) is 2.79. The molecule has 2 nitrogen and oxygen atoms in total. The molecule has 108 valence electrons. The highest BCUT2D eigenvalue weighted by Crippen LogP contribution is 2.26. The van der Waals surface area contributed by atoms with Gasteiger partial charge in [0.25, 0.3) is 0 Å². The quantitative estimate of drug-likeness (QED) is 0.908. The van der Waals surface area contributed by atoms with Gasteiger partial charge >= 0.3 is 0 Å². The summed E-state index contributed by atoms with van der Waals surface area (Å²) >= 11 is 1.97. The molecule has 1 N–H and O–H groups in total. The molecule has 1 saturated heterocycles. The summed E-state index contributed by atoms with van der Waals surface area (Å²) in [5, 5.41) is 3.70. The third-order valence-electron chi connectivity index (χ3n) is 4.29. The Hall–Kier alpha value is -0.380. The normalized spacial score (nSPS) is 24.0. The van der Waals surface area contributed by atoms with Gasteiger partial charge in [0.05, 0.1) is 0 Å². The fourth-order valence-corrected chi connectivity index (χ4v) is 3.63. The largest absolute Gasteiger partial charge is 0.311 e. The summed E-state index contributed by atoms with van der Waals surface area (Å²) in [6.45, 7) is 14.9. The van der Waals surface area contributed by atoms with Crippen molar-refractivity contribution in [2.45, 2.75) is 59.2 Å². The number of nitrogens with zero attached hydrogens (tertiary/aromatic N) is 1. The Morgan fingerprint density at radius 3 is 2.63 bits per heavy atom. The van der Waals surface area contributed by atoms with E-state index in [9.17, 15) is 0 Å². The standard InChI is InChI=1S/C16H28N2S/c1-6-13-7-8-14(19-13)9-18-10-15(12(2)3)17-11-16(18,4)5/h7-8,12,15,17H,6,9-11H2,1-5H3. The Morgan fingerprint density at radius 1 is 1.37 bits per heavy atom. The minimum atomic E-state index is 0.252. The van der Waals surface area contributed by atoms with E-state index < -0.39 is 0 Å². The van der Waals surface area contributed by atoms with Crippen molar-refractivity contribution in [3.63, 3.8) is 0 Å². The van der Waals surface area contributed by atoms with Crippen molar-refractivity contribution in [1.82, 2.24) is 10.2 Å². The molecule has 0 radical (unpaired) electrons. The lowest BCUT2D eigenvalue weighted by molar-refractivity contribution is 0.0484. The second-order valence-electron chi connectivity index (χ2n) is 6.65. The zero-order valence-corrected chi connectivity index (χ0v) is 13.8. The molecule has 0 bridgehead atoms. The van der Waals surface area contributed by atoms with Crippen molar-refractivity contribution >= 4 is 11.3 Å². The lowest BCUT2D eigenvalue weighted by Crippen LogP contribution is -2.62. The van der Waals surface area contributed by atoms with Gasteiger partial charge < -0.3 is 5.32 Å². The van der Waals surface area contributed by atoms with Gasteiger partial charge in [-0.15, -0.1) is 11.3 Å². The first kappa shape index (κ1) is 15.0. The first-order chi connectivity index (χ1) is 8.92. The number of hydrogen-bond donors (Lipinski definition) is 1. The molecule has 0 saturated carbocycles. The lowest BCUT2D eigenvalue weighted by Gasteiger charge is -2.47. The molecule has 1 atom stereocenters. The van der Waals surface area contributed by atoms with Crippen molar-refractivity contribution in [3.8, 4) is 0 Å². The second-order valence-corrected chi connectivity index (χ2v) is 7.90. The SMILES string of the molecule is CCc1ccc(CN2CC(C(C)C)NCC2(C)C)s1. The monoisotopic (exact) mass is 280 g/mol. The molecule has 3 heteroatoms. The fourth-order valence-electron chi connectivity index (χ4n) is 2.65. The Morgan fingerprint density at radius 2 is 2.05 bits per heavy atom. The van der Waals surface area contributed by atoms with E-state index in [1.54, 1.807) is 0 Å². The molecule has 1 fully saturated rings. The molecule has 1 aromatic heterocycles. The van der Waals surface area contributed by atoms with Crippen LogP contribution in [0.5, 0.6) is 0 Å². The van der Waals surface area contributed by atoms with Gasteiger partial charge in [-0.05, 0) is 38.3 Å². The first-order valence-electron chi connectivity index (χ1n) is 7.48. The number of hydrogen-bond acceptors (Lipinski definition) is 3. The highest BCUT2D eigenvalue weighted by atomic mass is 32.1. The van der Waals surface area contributed by atoms with E-state index in [0.29, 0.717) is 12.0 Å². The van der Waals surface area contributed by atoms with Crippen LogP contribution in [0.3, 0.4) is 0 Å². The Balaban J connectivity index is 2.06. The van der Waals surface area contributed by atoms with Crippen LogP contribution in [0.15, 0.2) is 12.1 Å². The summed E-state index contributed by atoms with van der Waals surface area (Å²) in [5.74, 6) is 0.702. The summed E-state index contributed by atoms with van der Waals surface area (Å²) in [6, 6.07) is 5.22. The molecule has 2 rings (SSSR count). The maximum absolute atomic E-state index is 3.70. The maximum atomic E-state index is 3.70. The second kappa shape index (κ2) is 5.94. The molecule has 0 aromatic carbocycles. The van der Waals surface area contributed by atoms with Gasteiger partial charge in [0.1, 0.15) is 0 Å². The number of nitrogens with one attached hydrogen (secondary N) is 1. The van der Waals surface area contributed by atoms with Crippen LogP contribution in [0.25, 0.3) is 0 Å². The van der Waals surface area contributed by atoms with Gasteiger partial charge in [-0.3, -0.25) is 4.90 Å². The number of piperazine rings is 1. The lowest BCUT2D eigenvalue weighted by atomic mass is 9.93. The predicted octanol–water partition coefficient (Wildman–Crippen LogP) is 3.52. The van der Waals surface area contributed by atoms with Crippen LogP contribution >= 0.6 is 11.3 Å². The summed E-state index contributed by atoms with van der Waals surface area (Å²) in [6.07, 6.45) is 1.16. The number of thiophene rings is 1. The highest BCUT2D eigenvalue weighted by molar-refractivity contribution is 7.11. The molecule has 1 unspecified atom stereocenters. The van der Waals surface area contributed by atoms with Gasteiger partial charge in [0.2, 0.25) is 0 Å². The molecule has 1 aliphatic heterocycles. The third kappa shape index (κ3) is 3.59. The summed E-state index contributed by atoms with van der Waals surface area (Å²) in [5.41, 5.74) is 0.252. The molecule has 0 aliphatic carbocycles. The van der Waals surface area contributed by atoms with Crippen molar-refractivity contribution in [2.75, 3.05) is 13.1 Å². The van der Waals surface area contributed by atoms with E-state index >= 15 is 0 Å². The van der Waals surface area contributed by atoms with E-state index in [1.165, 1.54) is 9.75 Å². The van der Waals surface area contributed by atoms with Gasteiger partial charge in [-0.1, -0.05) is 20.8 Å². The Bertz CT molecular complexity index is 409. The van der Waals surface area contributed by atoms with Crippen LogP contribution in [-0.4, -0.2) is 29.6 Å². The minimum absolute atomic E-state index is 0.252.